The molecule has 0 amide bonds. The van der Waals surface area contributed by atoms with Gasteiger partial charge >= 0.3 is 13.6 Å². The van der Waals surface area contributed by atoms with Gasteiger partial charge in [-0.1, -0.05) is 5.92 Å². The summed E-state index contributed by atoms with van der Waals surface area (Å²) in [6, 6.07) is 0. The largest absolute Gasteiger partial charge is 0.456 e. The molecule has 2 unspecified atom stereocenters. The van der Waals surface area contributed by atoms with Crippen LogP contribution in [0.4, 0.5) is 0 Å². The Kier molecular flexibility index (Phi) is 10.5. The summed E-state index contributed by atoms with van der Waals surface area (Å²) in [4.78, 5) is 20.5. The molecule has 134 valence electrons. The highest BCUT2D eigenvalue weighted by Crippen LogP contribution is 2.49. The third-order valence-electron chi connectivity index (χ3n) is 2.55. The highest BCUT2D eigenvalue weighted by Gasteiger charge is 2.34. The maximum absolute atomic E-state index is 11.4. The lowest BCUT2D eigenvalue weighted by molar-refractivity contribution is -0.137. The summed E-state index contributed by atoms with van der Waals surface area (Å²) >= 11 is 0. The SMILES string of the molecule is CC#CC#CC#CC#CC#CC#CC#CC#CC(=O)OCC1COP(=O)(O)C1. The minimum atomic E-state index is -3.51. The van der Waals surface area contributed by atoms with Crippen molar-refractivity contribution in [3.05, 3.63) is 0 Å². The van der Waals surface area contributed by atoms with Crippen molar-refractivity contribution in [1.29, 1.82) is 0 Å². The molecule has 1 aliphatic rings. The smallest absolute Gasteiger partial charge is 0.385 e. The molecular formula is C22H11O5P. The van der Waals surface area contributed by atoms with Gasteiger partial charge in [-0.05, 0) is 89.8 Å². The third-order valence-corrected chi connectivity index (χ3v) is 4.08. The van der Waals surface area contributed by atoms with E-state index in [1.807, 2.05) is 0 Å². The summed E-state index contributed by atoms with van der Waals surface area (Å²) in [5.74, 6) is 37.9. The summed E-state index contributed by atoms with van der Waals surface area (Å²) in [5.41, 5.74) is 0. The van der Waals surface area contributed by atoms with Gasteiger partial charge in [-0.3, -0.25) is 4.57 Å². The van der Waals surface area contributed by atoms with Crippen LogP contribution >= 0.6 is 7.60 Å². The fourth-order valence-electron chi connectivity index (χ4n) is 1.50. The van der Waals surface area contributed by atoms with Crippen molar-refractivity contribution in [2.24, 2.45) is 5.92 Å². The zero-order chi connectivity index (χ0) is 20.5. The molecule has 1 fully saturated rings. The summed E-state index contributed by atoms with van der Waals surface area (Å²) in [6.07, 6.45) is -0.0384. The van der Waals surface area contributed by atoms with E-state index in [0.717, 1.165) is 0 Å². The molecular weight excluding hydrogens is 375 g/mol. The minimum absolute atomic E-state index is 0.0360. The van der Waals surface area contributed by atoms with Crippen molar-refractivity contribution < 1.29 is 23.5 Å². The molecule has 1 saturated heterocycles. The van der Waals surface area contributed by atoms with E-state index in [-0.39, 0.29) is 25.3 Å². The minimum Gasteiger partial charge on any atom is -0.456 e. The standard InChI is InChI=1S/C22H11O5P/c1-2-3-4-5-6-7-8-9-10-11-12-13-14-15-16-17-22(23)26-18-21-19-27-28(24,25)20-21/h21H,18-20H2,1H3,(H,24,25). The number of carbonyl (C=O) groups excluding carboxylic acids is 1. The molecule has 6 heteroatoms. The number of hydrogen-bond acceptors (Lipinski definition) is 4. The Labute approximate surface area is 164 Å². The van der Waals surface area contributed by atoms with Crippen LogP contribution in [-0.4, -0.2) is 30.2 Å². The Morgan fingerprint density at radius 3 is 1.82 bits per heavy atom. The predicted molar refractivity (Wildman–Crippen MR) is 103 cm³/mol. The fraction of sp³-hybridized carbons (Fsp3) is 0.227. The Balaban J connectivity index is 2.35. The number of ether oxygens (including phenoxy) is 1. The van der Waals surface area contributed by atoms with Crippen molar-refractivity contribution in [2.75, 3.05) is 19.4 Å². The van der Waals surface area contributed by atoms with Crippen LogP contribution < -0.4 is 0 Å². The first kappa shape index (κ1) is 22.1. The van der Waals surface area contributed by atoms with Gasteiger partial charge in [-0.25, -0.2) is 4.79 Å². The summed E-state index contributed by atoms with van der Waals surface area (Å²) in [5, 5.41) is 0. The van der Waals surface area contributed by atoms with Crippen LogP contribution in [0.25, 0.3) is 0 Å². The Morgan fingerprint density at radius 2 is 1.39 bits per heavy atom. The molecule has 0 aromatic heterocycles. The maximum Gasteiger partial charge on any atom is 0.385 e. The van der Waals surface area contributed by atoms with Crippen LogP contribution in [0.5, 0.6) is 0 Å². The van der Waals surface area contributed by atoms with Gasteiger partial charge < -0.3 is 14.2 Å². The van der Waals surface area contributed by atoms with E-state index in [0.29, 0.717) is 0 Å². The normalized spacial score (nSPS) is 17.3. The lowest BCUT2D eigenvalue weighted by Gasteiger charge is -2.04. The summed E-state index contributed by atoms with van der Waals surface area (Å²) in [6.45, 7) is 1.72. The quantitative estimate of drug-likeness (QED) is 0.322. The van der Waals surface area contributed by atoms with Gasteiger partial charge in [0.15, 0.2) is 0 Å². The van der Waals surface area contributed by atoms with Crippen molar-refractivity contribution >= 4 is 13.6 Å². The maximum atomic E-state index is 11.4. The fourth-order valence-corrected chi connectivity index (χ4v) is 2.92. The topological polar surface area (TPSA) is 72.8 Å². The van der Waals surface area contributed by atoms with Crippen molar-refractivity contribution in [3.8, 4) is 94.7 Å². The molecule has 0 bridgehead atoms. The van der Waals surface area contributed by atoms with Gasteiger partial charge in [-0.15, -0.1) is 0 Å². The van der Waals surface area contributed by atoms with Gasteiger partial charge in [0.2, 0.25) is 0 Å². The second-order valence-corrected chi connectivity index (χ2v) is 6.60. The highest BCUT2D eigenvalue weighted by atomic mass is 31.2. The molecule has 2 atom stereocenters. The van der Waals surface area contributed by atoms with Crippen LogP contribution in [0.3, 0.4) is 0 Å². The lowest BCUT2D eigenvalue weighted by Crippen LogP contribution is -2.15. The molecule has 0 aliphatic carbocycles. The van der Waals surface area contributed by atoms with E-state index in [2.05, 4.69) is 99.3 Å². The Morgan fingerprint density at radius 1 is 0.929 bits per heavy atom. The van der Waals surface area contributed by atoms with Crippen LogP contribution in [0.1, 0.15) is 6.92 Å². The average molecular weight is 386 g/mol. The van der Waals surface area contributed by atoms with Gasteiger partial charge in [0.1, 0.15) is 0 Å². The molecule has 0 radical (unpaired) electrons. The predicted octanol–water partition coefficient (Wildman–Crippen LogP) is 0.409. The van der Waals surface area contributed by atoms with E-state index < -0.39 is 13.6 Å². The average Bonchev–Trinajstić information content (AvgIpc) is 3.02. The number of carbonyl (C=O) groups is 1. The van der Waals surface area contributed by atoms with Crippen LogP contribution in [-0.2, 0) is 18.6 Å². The van der Waals surface area contributed by atoms with Crippen LogP contribution in [0, 0.1) is 101 Å². The molecule has 0 spiro atoms. The second kappa shape index (κ2) is 13.3. The zero-order valence-electron chi connectivity index (χ0n) is 14.7. The van der Waals surface area contributed by atoms with Crippen LogP contribution in [0.15, 0.2) is 0 Å². The van der Waals surface area contributed by atoms with E-state index in [4.69, 9.17) is 4.74 Å². The number of rotatable bonds is 2. The highest BCUT2D eigenvalue weighted by molar-refractivity contribution is 7.53. The van der Waals surface area contributed by atoms with Gasteiger partial charge in [0.05, 0.1) is 19.4 Å². The summed E-state index contributed by atoms with van der Waals surface area (Å²) < 4.78 is 20.7. The number of hydrogen-bond donors (Lipinski definition) is 1. The molecule has 0 aromatic rings. The van der Waals surface area contributed by atoms with Gasteiger partial charge in [-0.2, -0.15) is 0 Å². The Hall–Kier alpha value is -3.90. The first-order valence-corrected chi connectivity index (χ1v) is 9.35. The van der Waals surface area contributed by atoms with E-state index in [9.17, 15) is 14.3 Å². The molecule has 1 aliphatic heterocycles. The van der Waals surface area contributed by atoms with Crippen LogP contribution in [0.2, 0.25) is 0 Å². The summed E-state index contributed by atoms with van der Waals surface area (Å²) in [7, 11) is -3.51. The molecule has 1 heterocycles. The van der Waals surface area contributed by atoms with E-state index >= 15 is 0 Å². The van der Waals surface area contributed by atoms with Crippen molar-refractivity contribution in [1.82, 2.24) is 0 Å². The van der Waals surface area contributed by atoms with Gasteiger partial charge in [0, 0.05) is 11.8 Å². The first-order chi connectivity index (χ1) is 13.5. The van der Waals surface area contributed by atoms with E-state index in [1.165, 1.54) is 0 Å². The Bertz CT molecular complexity index is 1170. The molecule has 0 aromatic carbocycles. The van der Waals surface area contributed by atoms with Crippen molar-refractivity contribution in [2.45, 2.75) is 6.92 Å². The third kappa shape index (κ3) is 11.6. The van der Waals surface area contributed by atoms with Crippen molar-refractivity contribution in [3.63, 3.8) is 0 Å². The molecule has 0 saturated carbocycles. The second-order valence-electron chi connectivity index (χ2n) is 4.71. The zero-order valence-corrected chi connectivity index (χ0v) is 15.6. The molecule has 28 heavy (non-hydrogen) atoms. The molecule has 5 nitrogen and oxygen atoms in total. The molecule has 1 N–H and O–H groups in total. The molecule has 1 rings (SSSR count). The monoisotopic (exact) mass is 386 g/mol. The number of esters is 1. The van der Waals surface area contributed by atoms with E-state index in [1.54, 1.807) is 6.92 Å². The lowest BCUT2D eigenvalue weighted by atomic mass is 10.2. The first-order valence-electron chi connectivity index (χ1n) is 7.59. The van der Waals surface area contributed by atoms with Gasteiger partial charge in [0.25, 0.3) is 0 Å².